The van der Waals surface area contributed by atoms with Crippen molar-refractivity contribution in [3.05, 3.63) is 48.0 Å². The van der Waals surface area contributed by atoms with Gasteiger partial charge in [0.15, 0.2) is 5.75 Å². The number of sulfonamides is 1. The van der Waals surface area contributed by atoms with Crippen molar-refractivity contribution < 1.29 is 43.5 Å². The predicted molar refractivity (Wildman–Crippen MR) is 99.5 cm³/mol. The van der Waals surface area contributed by atoms with Gasteiger partial charge in [-0.05, 0) is 30.7 Å². The Morgan fingerprint density at radius 1 is 1.17 bits per heavy atom. The topological polar surface area (TPSA) is 200 Å². The molecule has 0 aliphatic heterocycles. The molecule has 0 spiro atoms. The van der Waals surface area contributed by atoms with Crippen molar-refractivity contribution in [3.63, 3.8) is 0 Å². The summed E-state index contributed by atoms with van der Waals surface area (Å²) in [5.74, 6) is -4.65. The van der Waals surface area contributed by atoms with Gasteiger partial charge >= 0.3 is 5.97 Å². The van der Waals surface area contributed by atoms with E-state index in [1.54, 1.807) is 18.2 Å². The molecule has 11 nitrogen and oxygen atoms in total. The fraction of sp³-hybridized carbons (Fsp3) is 0.235. The highest BCUT2D eigenvalue weighted by Gasteiger charge is 2.25. The molecule has 0 radical (unpaired) electrons. The summed E-state index contributed by atoms with van der Waals surface area (Å²) < 4.78 is 29.6. The van der Waals surface area contributed by atoms with Crippen molar-refractivity contribution in [2.75, 3.05) is 5.32 Å². The molecule has 158 valence electrons. The first kappa shape index (κ1) is 22.5. The minimum atomic E-state index is -4.43. The Morgan fingerprint density at radius 3 is 2.31 bits per heavy atom. The Hall–Kier alpha value is -2.74. The number of primary sulfonamides is 1. The fourth-order valence-electron chi connectivity index (χ4n) is 2.34. The van der Waals surface area contributed by atoms with Crippen molar-refractivity contribution >= 4 is 21.7 Å². The first-order valence-electron chi connectivity index (χ1n) is 8.15. The van der Waals surface area contributed by atoms with Crippen molar-refractivity contribution in [3.8, 4) is 11.5 Å². The van der Waals surface area contributed by atoms with Crippen LogP contribution in [0.3, 0.4) is 0 Å². The molecule has 0 saturated heterocycles. The monoisotopic (exact) mass is 428 g/mol. The molecular formula is C17H20N2O9S. The number of hydrogen-bond acceptors (Lipinski definition) is 9. The average molecular weight is 428 g/mol. The van der Waals surface area contributed by atoms with E-state index in [1.807, 2.05) is 0 Å². The van der Waals surface area contributed by atoms with Gasteiger partial charge in [0.1, 0.15) is 16.9 Å². The third-order valence-corrected chi connectivity index (χ3v) is 4.56. The summed E-state index contributed by atoms with van der Waals surface area (Å²) in [5, 5.41) is 53.7. The van der Waals surface area contributed by atoms with Gasteiger partial charge in [-0.25, -0.2) is 18.4 Å². The second kappa shape index (κ2) is 8.73. The molecule has 1 unspecified atom stereocenters. The summed E-state index contributed by atoms with van der Waals surface area (Å²) in [6, 6.07) is 9.77. The summed E-state index contributed by atoms with van der Waals surface area (Å²) >= 11 is 0. The minimum absolute atomic E-state index is 0.207. The standard InChI is InChI=1S/C17H20N2O9S/c18-29(26,27)13-9-10(16(21)22)8-12(19-14(20)6-7-17(23,24)25)15(13)28-11-4-2-1-3-5-11/h1-5,8-9,14,19-20,23-25H,6-7H2,(H,21,22)(H2,18,26,27). The molecule has 2 rings (SSSR count). The number of benzene rings is 2. The zero-order valence-corrected chi connectivity index (χ0v) is 15.7. The highest BCUT2D eigenvalue weighted by Crippen LogP contribution is 2.37. The maximum Gasteiger partial charge on any atom is 0.335 e. The Bertz CT molecular complexity index is 972. The molecule has 1 atom stereocenters. The molecule has 0 saturated carbocycles. The van der Waals surface area contributed by atoms with Crippen molar-refractivity contribution in [1.82, 2.24) is 0 Å². The van der Waals surface area contributed by atoms with E-state index >= 15 is 0 Å². The van der Waals surface area contributed by atoms with Crippen LogP contribution < -0.4 is 15.2 Å². The quantitative estimate of drug-likeness (QED) is 0.266. The van der Waals surface area contributed by atoms with Gasteiger partial charge in [-0.2, -0.15) is 0 Å². The van der Waals surface area contributed by atoms with Crippen molar-refractivity contribution in [1.29, 1.82) is 0 Å². The minimum Gasteiger partial charge on any atom is -0.478 e. The third kappa shape index (κ3) is 6.67. The fourth-order valence-corrected chi connectivity index (χ4v) is 3.04. The summed E-state index contributed by atoms with van der Waals surface area (Å²) in [6.07, 6.45) is -2.58. The maximum atomic E-state index is 12.0. The van der Waals surface area contributed by atoms with E-state index in [-0.39, 0.29) is 17.2 Å². The highest BCUT2D eigenvalue weighted by atomic mass is 32.2. The van der Waals surface area contributed by atoms with Crippen LogP contribution in [-0.4, -0.2) is 52.1 Å². The lowest BCUT2D eigenvalue weighted by molar-refractivity contribution is -0.316. The van der Waals surface area contributed by atoms with Crippen LogP contribution in [0.5, 0.6) is 11.5 Å². The molecule has 0 aromatic heterocycles. The lowest BCUT2D eigenvalue weighted by Crippen LogP contribution is -2.30. The molecule has 8 N–H and O–H groups in total. The molecule has 29 heavy (non-hydrogen) atoms. The summed E-state index contributed by atoms with van der Waals surface area (Å²) in [5.41, 5.74) is -0.686. The predicted octanol–water partition coefficient (Wildman–Crippen LogP) is -0.0343. The van der Waals surface area contributed by atoms with Gasteiger partial charge in [-0.3, -0.25) is 0 Å². The van der Waals surface area contributed by atoms with Gasteiger partial charge in [0, 0.05) is 6.42 Å². The van der Waals surface area contributed by atoms with Gasteiger partial charge in [0.25, 0.3) is 5.97 Å². The summed E-state index contributed by atoms with van der Waals surface area (Å²) in [7, 11) is -4.43. The molecule has 0 aliphatic rings. The number of hydrogen-bond donors (Lipinski definition) is 7. The van der Waals surface area contributed by atoms with E-state index in [0.717, 1.165) is 12.1 Å². The normalized spacial score (nSPS) is 13.0. The molecule has 0 amide bonds. The van der Waals surface area contributed by atoms with E-state index in [9.17, 15) is 23.4 Å². The van der Waals surface area contributed by atoms with Crippen LogP contribution in [0, 0.1) is 0 Å². The van der Waals surface area contributed by atoms with Gasteiger partial charge in [0.2, 0.25) is 10.0 Å². The summed E-state index contributed by atoms with van der Waals surface area (Å²) in [4.78, 5) is 10.7. The first-order chi connectivity index (χ1) is 13.4. The van der Waals surface area contributed by atoms with Crippen LogP contribution in [0.2, 0.25) is 0 Å². The van der Waals surface area contributed by atoms with Crippen LogP contribution in [0.1, 0.15) is 23.2 Å². The number of ether oxygens (including phenoxy) is 1. The Labute approximate surface area is 165 Å². The van der Waals surface area contributed by atoms with Gasteiger partial charge in [0.05, 0.1) is 11.3 Å². The lowest BCUT2D eigenvalue weighted by atomic mass is 10.1. The molecule has 12 heteroatoms. The number of aliphatic hydroxyl groups excluding tert-OH is 1. The first-order valence-corrected chi connectivity index (χ1v) is 9.70. The second-order valence-corrected chi connectivity index (χ2v) is 7.62. The number of aliphatic hydroxyl groups is 4. The Balaban J connectivity index is 2.52. The number of anilines is 1. The summed E-state index contributed by atoms with van der Waals surface area (Å²) in [6.45, 7) is 0. The van der Waals surface area contributed by atoms with E-state index in [0.29, 0.717) is 0 Å². The number of carboxylic acid groups (broad SMARTS) is 1. The SMILES string of the molecule is NS(=O)(=O)c1cc(C(=O)O)cc(NC(O)CCC(O)(O)O)c1Oc1ccccc1. The Kier molecular flexibility index (Phi) is 6.79. The molecule has 2 aromatic carbocycles. The largest absolute Gasteiger partial charge is 0.478 e. The van der Waals surface area contributed by atoms with E-state index in [1.165, 1.54) is 12.1 Å². The number of nitrogens with one attached hydrogen (secondary N) is 1. The highest BCUT2D eigenvalue weighted by molar-refractivity contribution is 7.89. The third-order valence-electron chi connectivity index (χ3n) is 3.65. The van der Waals surface area contributed by atoms with Crippen molar-refractivity contribution in [2.45, 2.75) is 29.9 Å². The lowest BCUT2D eigenvalue weighted by Gasteiger charge is -2.21. The van der Waals surface area contributed by atoms with Crippen LogP contribution >= 0.6 is 0 Å². The number of para-hydroxylation sites is 1. The van der Waals surface area contributed by atoms with E-state index in [2.05, 4.69) is 5.32 Å². The van der Waals surface area contributed by atoms with Gasteiger partial charge in [-0.1, -0.05) is 18.2 Å². The molecule has 0 aliphatic carbocycles. The second-order valence-electron chi connectivity index (χ2n) is 6.09. The van der Waals surface area contributed by atoms with E-state index in [4.69, 9.17) is 25.2 Å². The van der Waals surface area contributed by atoms with Crippen LogP contribution in [-0.2, 0) is 10.0 Å². The van der Waals surface area contributed by atoms with Crippen molar-refractivity contribution in [2.24, 2.45) is 5.14 Å². The number of carboxylic acids is 1. The Morgan fingerprint density at radius 2 is 1.79 bits per heavy atom. The smallest absolute Gasteiger partial charge is 0.335 e. The molecule has 0 fully saturated rings. The molecule has 0 bridgehead atoms. The van der Waals surface area contributed by atoms with E-state index < -0.39 is 51.5 Å². The van der Waals surface area contributed by atoms with Crippen LogP contribution in [0.15, 0.2) is 47.4 Å². The van der Waals surface area contributed by atoms with Gasteiger partial charge in [-0.15, -0.1) is 0 Å². The van der Waals surface area contributed by atoms with Crippen LogP contribution in [0.25, 0.3) is 0 Å². The number of rotatable bonds is 9. The average Bonchev–Trinajstić information content (AvgIpc) is 2.60. The molecule has 2 aromatic rings. The zero-order valence-electron chi connectivity index (χ0n) is 14.9. The number of aromatic carboxylic acids is 1. The van der Waals surface area contributed by atoms with Crippen LogP contribution in [0.4, 0.5) is 5.69 Å². The number of carbonyl (C=O) groups is 1. The van der Waals surface area contributed by atoms with Gasteiger partial charge < -0.3 is 35.6 Å². The maximum absolute atomic E-state index is 12.0. The zero-order chi connectivity index (χ0) is 21.8. The number of nitrogens with two attached hydrogens (primary N) is 1. The molecule has 0 heterocycles. The molecular weight excluding hydrogens is 408 g/mol.